The van der Waals surface area contributed by atoms with Gasteiger partial charge in [-0.25, -0.2) is 9.18 Å². The van der Waals surface area contributed by atoms with E-state index in [0.717, 1.165) is 4.90 Å². The first-order valence-electron chi connectivity index (χ1n) is 8.82. The van der Waals surface area contributed by atoms with Crippen molar-refractivity contribution in [3.63, 3.8) is 0 Å². The summed E-state index contributed by atoms with van der Waals surface area (Å²) in [5.74, 6) is -1.79. The third kappa shape index (κ3) is 4.75. The Bertz CT molecular complexity index is 962. The molecule has 1 saturated heterocycles. The molecule has 1 fully saturated rings. The number of halogens is 1. The zero-order valence-corrected chi connectivity index (χ0v) is 15.6. The molecule has 5 amide bonds. The van der Waals surface area contributed by atoms with Gasteiger partial charge in [-0.1, -0.05) is 24.3 Å². The summed E-state index contributed by atoms with van der Waals surface area (Å²) in [4.78, 5) is 50.8. The SMILES string of the molecule is CN(CC(=O)Nc1cccc(F)c1)C(=O)c1ccccc1CN1C(=O)CNC1=O. The van der Waals surface area contributed by atoms with Gasteiger partial charge in [0.15, 0.2) is 0 Å². The van der Waals surface area contributed by atoms with Crippen LogP contribution >= 0.6 is 0 Å². The Balaban J connectivity index is 1.68. The summed E-state index contributed by atoms with van der Waals surface area (Å²) in [5, 5.41) is 4.95. The number of anilines is 1. The summed E-state index contributed by atoms with van der Waals surface area (Å²) in [6, 6.07) is 11.5. The van der Waals surface area contributed by atoms with Gasteiger partial charge >= 0.3 is 6.03 Å². The Morgan fingerprint density at radius 1 is 1.17 bits per heavy atom. The smallest absolute Gasteiger partial charge is 0.324 e. The minimum absolute atomic E-state index is 0.0457. The van der Waals surface area contributed by atoms with Crippen molar-refractivity contribution in [1.29, 1.82) is 0 Å². The molecule has 150 valence electrons. The molecule has 0 unspecified atom stereocenters. The number of hydrogen-bond donors (Lipinski definition) is 2. The molecule has 2 aromatic carbocycles. The summed E-state index contributed by atoms with van der Waals surface area (Å²) in [6.45, 7) is -0.377. The maximum Gasteiger partial charge on any atom is 0.324 e. The van der Waals surface area contributed by atoms with Gasteiger partial charge in [0.05, 0.1) is 19.6 Å². The van der Waals surface area contributed by atoms with Crippen molar-refractivity contribution in [2.24, 2.45) is 0 Å². The van der Waals surface area contributed by atoms with Crippen LogP contribution in [0, 0.1) is 5.82 Å². The Labute approximate surface area is 166 Å². The molecular formula is C20H19FN4O4. The first-order valence-corrected chi connectivity index (χ1v) is 8.82. The van der Waals surface area contributed by atoms with Gasteiger partial charge in [0, 0.05) is 18.3 Å². The average Bonchev–Trinajstić information content (AvgIpc) is 2.99. The van der Waals surface area contributed by atoms with Crippen LogP contribution in [0.25, 0.3) is 0 Å². The monoisotopic (exact) mass is 398 g/mol. The predicted molar refractivity (Wildman–Crippen MR) is 102 cm³/mol. The highest BCUT2D eigenvalue weighted by atomic mass is 19.1. The van der Waals surface area contributed by atoms with Gasteiger partial charge in [-0.15, -0.1) is 0 Å². The van der Waals surface area contributed by atoms with Crippen LogP contribution in [0.1, 0.15) is 15.9 Å². The molecule has 1 aliphatic heterocycles. The zero-order valence-electron chi connectivity index (χ0n) is 15.6. The van der Waals surface area contributed by atoms with E-state index in [9.17, 15) is 23.6 Å². The molecule has 0 aromatic heterocycles. The van der Waals surface area contributed by atoms with Crippen LogP contribution in [0.2, 0.25) is 0 Å². The molecule has 0 bridgehead atoms. The van der Waals surface area contributed by atoms with Crippen LogP contribution in [-0.4, -0.2) is 53.7 Å². The first kappa shape index (κ1) is 20.0. The highest BCUT2D eigenvalue weighted by Gasteiger charge is 2.29. The molecule has 1 aliphatic rings. The number of urea groups is 1. The molecule has 2 aromatic rings. The lowest BCUT2D eigenvalue weighted by molar-refractivity contribution is -0.125. The van der Waals surface area contributed by atoms with Crippen LogP contribution in [0.15, 0.2) is 48.5 Å². The highest BCUT2D eigenvalue weighted by molar-refractivity contribution is 6.03. The van der Waals surface area contributed by atoms with Crippen LogP contribution in [-0.2, 0) is 16.1 Å². The van der Waals surface area contributed by atoms with Crippen molar-refractivity contribution in [2.75, 3.05) is 25.5 Å². The second-order valence-electron chi connectivity index (χ2n) is 6.52. The lowest BCUT2D eigenvalue weighted by Gasteiger charge is -2.20. The van der Waals surface area contributed by atoms with E-state index < -0.39 is 23.7 Å². The molecule has 29 heavy (non-hydrogen) atoms. The number of nitrogens with zero attached hydrogens (tertiary/aromatic N) is 2. The van der Waals surface area contributed by atoms with E-state index in [1.807, 2.05) is 0 Å². The van der Waals surface area contributed by atoms with Gasteiger partial charge < -0.3 is 15.5 Å². The lowest BCUT2D eigenvalue weighted by atomic mass is 10.1. The molecule has 0 atom stereocenters. The van der Waals surface area contributed by atoms with E-state index >= 15 is 0 Å². The Morgan fingerprint density at radius 3 is 2.62 bits per heavy atom. The zero-order chi connectivity index (χ0) is 21.0. The summed E-state index contributed by atoms with van der Waals surface area (Å²) in [6.07, 6.45) is 0. The van der Waals surface area contributed by atoms with Gasteiger partial charge in [0.25, 0.3) is 5.91 Å². The Morgan fingerprint density at radius 2 is 1.93 bits per heavy atom. The standard InChI is InChI=1S/C20H19FN4O4/c1-24(12-17(26)23-15-7-4-6-14(21)9-15)19(28)16-8-3-2-5-13(16)11-25-18(27)10-22-20(25)29/h2-9H,10-12H2,1H3,(H,22,29)(H,23,26). The number of hydrogen-bond acceptors (Lipinski definition) is 4. The second kappa shape index (κ2) is 8.51. The van der Waals surface area contributed by atoms with Crippen LogP contribution < -0.4 is 10.6 Å². The van der Waals surface area contributed by atoms with Crippen molar-refractivity contribution in [3.8, 4) is 0 Å². The molecule has 0 aliphatic carbocycles. The van der Waals surface area contributed by atoms with Crippen LogP contribution in [0.5, 0.6) is 0 Å². The lowest BCUT2D eigenvalue weighted by Crippen LogP contribution is -2.36. The fraction of sp³-hybridized carbons (Fsp3) is 0.200. The van der Waals surface area contributed by atoms with Crippen molar-refractivity contribution >= 4 is 29.4 Å². The van der Waals surface area contributed by atoms with Gasteiger partial charge in [-0.3, -0.25) is 19.3 Å². The van der Waals surface area contributed by atoms with Crippen molar-refractivity contribution in [1.82, 2.24) is 15.1 Å². The molecule has 8 nitrogen and oxygen atoms in total. The number of benzene rings is 2. The van der Waals surface area contributed by atoms with Crippen molar-refractivity contribution < 1.29 is 23.6 Å². The third-order valence-corrected chi connectivity index (χ3v) is 4.35. The van der Waals surface area contributed by atoms with Crippen molar-refractivity contribution in [2.45, 2.75) is 6.54 Å². The molecule has 1 heterocycles. The maximum absolute atomic E-state index is 13.2. The first-order chi connectivity index (χ1) is 13.8. The molecular weight excluding hydrogens is 379 g/mol. The average molecular weight is 398 g/mol. The van der Waals surface area contributed by atoms with E-state index in [0.29, 0.717) is 5.56 Å². The minimum Gasteiger partial charge on any atom is -0.332 e. The summed E-state index contributed by atoms with van der Waals surface area (Å²) >= 11 is 0. The van der Waals surface area contributed by atoms with Crippen LogP contribution in [0.4, 0.5) is 14.9 Å². The normalized spacial score (nSPS) is 13.2. The second-order valence-corrected chi connectivity index (χ2v) is 6.52. The number of imide groups is 1. The fourth-order valence-electron chi connectivity index (χ4n) is 2.91. The number of likely N-dealkylation sites (N-methyl/N-ethyl adjacent to an activating group) is 1. The molecule has 0 saturated carbocycles. The van der Waals surface area contributed by atoms with E-state index in [-0.39, 0.29) is 36.8 Å². The van der Waals surface area contributed by atoms with E-state index in [1.54, 1.807) is 24.3 Å². The third-order valence-electron chi connectivity index (χ3n) is 4.35. The Kier molecular flexibility index (Phi) is 5.87. The number of carbonyl (C=O) groups excluding carboxylic acids is 4. The summed E-state index contributed by atoms with van der Waals surface area (Å²) in [7, 11) is 1.46. The quantitative estimate of drug-likeness (QED) is 0.722. The van der Waals surface area contributed by atoms with E-state index in [1.165, 1.54) is 36.2 Å². The number of amides is 5. The number of rotatable bonds is 6. The number of nitrogens with one attached hydrogen (secondary N) is 2. The summed E-state index contributed by atoms with van der Waals surface area (Å²) in [5.41, 5.74) is 1.05. The fourth-order valence-corrected chi connectivity index (χ4v) is 2.91. The van der Waals surface area contributed by atoms with Gasteiger partial charge in [0.2, 0.25) is 11.8 Å². The van der Waals surface area contributed by atoms with Gasteiger partial charge in [0.1, 0.15) is 5.82 Å². The highest BCUT2D eigenvalue weighted by Crippen LogP contribution is 2.16. The molecule has 2 N–H and O–H groups in total. The van der Waals surface area contributed by atoms with E-state index in [2.05, 4.69) is 10.6 Å². The van der Waals surface area contributed by atoms with Crippen molar-refractivity contribution in [3.05, 3.63) is 65.5 Å². The molecule has 0 spiro atoms. The maximum atomic E-state index is 13.2. The minimum atomic E-state index is -0.514. The topological polar surface area (TPSA) is 98.8 Å². The Hall–Kier alpha value is -3.75. The van der Waals surface area contributed by atoms with Gasteiger partial charge in [-0.2, -0.15) is 0 Å². The molecule has 0 radical (unpaired) electrons. The summed E-state index contributed by atoms with van der Waals surface area (Å²) < 4.78 is 13.2. The van der Waals surface area contributed by atoms with Gasteiger partial charge in [-0.05, 0) is 29.8 Å². The molecule has 9 heteroatoms. The largest absolute Gasteiger partial charge is 0.332 e. The predicted octanol–water partition coefficient (Wildman–Crippen LogP) is 1.59. The molecule has 3 rings (SSSR count). The van der Waals surface area contributed by atoms with Crippen LogP contribution in [0.3, 0.4) is 0 Å². The van der Waals surface area contributed by atoms with E-state index in [4.69, 9.17) is 0 Å². The number of carbonyl (C=O) groups is 4.